The van der Waals surface area contributed by atoms with Crippen molar-refractivity contribution in [1.82, 2.24) is 20.1 Å². The lowest BCUT2D eigenvalue weighted by molar-refractivity contribution is 0.0519. The first-order chi connectivity index (χ1) is 23.8. The van der Waals surface area contributed by atoms with Crippen molar-refractivity contribution in [2.45, 2.75) is 64.8 Å². The van der Waals surface area contributed by atoms with Crippen molar-refractivity contribution in [3.8, 4) is 16.9 Å². The number of carbonyl (C=O) groups excluding carboxylic acids is 1. The number of hydrogen-bond acceptors (Lipinski definition) is 6. The topological polar surface area (TPSA) is 90.4 Å². The van der Waals surface area contributed by atoms with E-state index in [1.807, 2.05) is 49.1 Å². The molecule has 1 atom stereocenters. The molecule has 8 nitrogen and oxygen atoms in total. The molecule has 2 N–H and O–H groups in total. The van der Waals surface area contributed by atoms with Crippen LogP contribution in [0.15, 0.2) is 48.5 Å². The molecule has 0 unspecified atom stereocenters. The number of carbonyl (C=O) groups is 1. The molecule has 0 aliphatic carbocycles. The number of esters is 1. The van der Waals surface area contributed by atoms with Crippen LogP contribution in [-0.2, 0) is 29.4 Å². The molecule has 260 valence electrons. The number of aryl methyl sites for hydroxylation is 2. The molecule has 6 rings (SSSR count). The molecule has 1 fully saturated rings. The van der Waals surface area contributed by atoms with Crippen LogP contribution in [-0.4, -0.2) is 54.2 Å². The number of aromatic nitrogens is 3. The molecule has 3 aromatic carbocycles. The molecular weight excluding hydrogens is 643 g/mol. The summed E-state index contributed by atoms with van der Waals surface area (Å²) in [5.74, 6) is 0.652. The fourth-order valence-electron chi connectivity index (χ4n) is 7.32. The maximum atomic E-state index is 13.8. The van der Waals surface area contributed by atoms with E-state index in [-0.39, 0.29) is 18.5 Å². The van der Waals surface area contributed by atoms with Crippen molar-refractivity contribution in [2.24, 2.45) is 13.0 Å². The Hall–Kier alpha value is -3.92. The highest BCUT2D eigenvalue weighted by Gasteiger charge is 2.29. The van der Waals surface area contributed by atoms with Gasteiger partial charge in [0.2, 0.25) is 0 Å². The van der Waals surface area contributed by atoms with Crippen LogP contribution in [0.25, 0.3) is 32.8 Å². The van der Waals surface area contributed by atoms with Crippen LogP contribution < -0.4 is 10.1 Å². The maximum Gasteiger partial charge on any atom is 0.355 e. The summed E-state index contributed by atoms with van der Waals surface area (Å²) in [6.07, 6.45) is 6.18. The van der Waals surface area contributed by atoms with Crippen LogP contribution >= 0.6 is 11.6 Å². The van der Waals surface area contributed by atoms with Gasteiger partial charge in [-0.3, -0.25) is 4.68 Å². The molecule has 5 aromatic rings. The van der Waals surface area contributed by atoms with Gasteiger partial charge in [-0.2, -0.15) is 5.10 Å². The average molecular weight is 689 g/mol. The third-order valence-electron chi connectivity index (χ3n) is 9.80. The quantitative estimate of drug-likeness (QED) is 0.0896. The summed E-state index contributed by atoms with van der Waals surface area (Å²) in [5, 5.41) is 11.8. The number of hydrogen-bond donors (Lipinski definition) is 2. The SMILES string of the molecule is CCOC(=O)c1[nH]c2c(-c3c([C@@H](CCC4CCOCC4)NC)nn(C)c3CC)c(Cl)ccc2c1CCCOc1cccc2cc(F)ccc12. The minimum absolute atomic E-state index is 0.0253. The molecular formula is C39H46ClFN4O4. The van der Waals surface area contributed by atoms with Crippen molar-refractivity contribution >= 4 is 39.2 Å². The van der Waals surface area contributed by atoms with E-state index in [9.17, 15) is 9.18 Å². The standard InChI is InChI=1S/C39H46ClFN4O4/c1-5-32-35(38(44-45(32)4)31(42-3)17-12-24-18-21-47-22-19-24)34-30(40)16-15-29-28(37(43-36(29)34)39(46)48-6-2)10-8-20-49-33-11-7-9-25-23-26(41)13-14-27(25)33/h7,9,11,13-16,23-24,31,42-43H,5-6,8,10,12,17-22H2,1-4H3/t31-/m1/s1. The number of nitrogens with zero attached hydrogens (tertiary/aromatic N) is 2. The summed E-state index contributed by atoms with van der Waals surface area (Å²) in [4.78, 5) is 16.9. The van der Waals surface area contributed by atoms with Crippen LogP contribution in [0.4, 0.5) is 4.39 Å². The minimum Gasteiger partial charge on any atom is -0.493 e. The largest absolute Gasteiger partial charge is 0.493 e. The molecule has 3 heterocycles. The molecule has 0 spiro atoms. The third kappa shape index (κ3) is 7.35. The molecule has 10 heteroatoms. The number of ether oxygens (including phenoxy) is 3. The second-order valence-electron chi connectivity index (χ2n) is 12.8. The normalized spacial score (nSPS) is 14.5. The van der Waals surface area contributed by atoms with Gasteiger partial charge in [0.05, 0.1) is 35.5 Å². The molecule has 0 amide bonds. The van der Waals surface area contributed by atoms with Gasteiger partial charge in [-0.1, -0.05) is 36.7 Å². The van der Waals surface area contributed by atoms with Crippen LogP contribution in [0.1, 0.15) is 79.4 Å². The summed E-state index contributed by atoms with van der Waals surface area (Å²) < 4.78 is 33.1. The first kappa shape index (κ1) is 34.9. The Labute approximate surface area is 292 Å². The molecule has 0 saturated carbocycles. The second kappa shape index (κ2) is 15.7. The van der Waals surface area contributed by atoms with Gasteiger partial charge in [0, 0.05) is 47.9 Å². The number of rotatable bonds is 14. The second-order valence-corrected chi connectivity index (χ2v) is 13.2. The fraction of sp³-hybridized carbons (Fsp3) is 0.436. The summed E-state index contributed by atoms with van der Waals surface area (Å²) >= 11 is 7.10. The monoisotopic (exact) mass is 688 g/mol. The van der Waals surface area contributed by atoms with Crippen molar-refractivity contribution in [1.29, 1.82) is 0 Å². The predicted molar refractivity (Wildman–Crippen MR) is 193 cm³/mol. The van der Waals surface area contributed by atoms with Gasteiger partial charge >= 0.3 is 5.97 Å². The highest BCUT2D eigenvalue weighted by molar-refractivity contribution is 6.35. The molecule has 1 aliphatic rings. The Morgan fingerprint density at radius 1 is 1.14 bits per heavy atom. The Morgan fingerprint density at radius 2 is 1.94 bits per heavy atom. The van der Waals surface area contributed by atoms with Gasteiger partial charge in [0.1, 0.15) is 17.3 Å². The Balaban J connectivity index is 1.35. The van der Waals surface area contributed by atoms with E-state index in [1.165, 1.54) is 12.1 Å². The predicted octanol–water partition coefficient (Wildman–Crippen LogP) is 8.73. The van der Waals surface area contributed by atoms with E-state index in [4.69, 9.17) is 30.9 Å². The lowest BCUT2D eigenvalue weighted by atomic mass is 9.89. The van der Waals surface area contributed by atoms with Crippen LogP contribution in [0.2, 0.25) is 5.02 Å². The van der Waals surface area contributed by atoms with Crippen LogP contribution in [0.3, 0.4) is 0 Å². The first-order valence-corrected chi connectivity index (χ1v) is 17.8. The van der Waals surface area contributed by atoms with Gasteiger partial charge in [-0.25, -0.2) is 9.18 Å². The van der Waals surface area contributed by atoms with Gasteiger partial charge in [-0.05, 0) is 106 Å². The molecule has 0 radical (unpaired) electrons. The number of nitrogens with one attached hydrogen (secondary N) is 2. The summed E-state index contributed by atoms with van der Waals surface area (Å²) in [5.41, 5.74) is 5.98. The van der Waals surface area contributed by atoms with Crippen molar-refractivity contribution in [2.75, 3.05) is 33.5 Å². The van der Waals surface area contributed by atoms with Crippen molar-refractivity contribution < 1.29 is 23.4 Å². The van der Waals surface area contributed by atoms with Crippen LogP contribution in [0.5, 0.6) is 5.75 Å². The van der Waals surface area contributed by atoms with E-state index in [0.717, 1.165) is 95.1 Å². The first-order valence-electron chi connectivity index (χ1n) is 17.5. The van der Waals surface area contributed by atoms with Crippen molar-refractivity contribution in [3.05, 3.63) is 82.0 Å². The summed E-state index contributed by atoms with van der Waals surface area (Å²) in [6, 6.07) is 14.2. The average Bonchev–Trinajstić information content (AvgIpc) is 3.64. The maximum absolute atomic E-state index is 13.8. The van der Waals surface area contributed by atoms with Gasteiger partial charge < -0.3 is 24.5 Å². The van der Waals surface area contributed by atoms with Crippen LogP contribution in [0, 0.1) is 11.7 Å². The number of aromatic amines is 1. The van der Waals surface area contributed by atoms with E-state index < -0.39 is 5.97 Å². The lowest BCUT2D eigenvalue weighted by Gasteiger charge is -2.24. The number of H-pyrrole nitrogens is 1. The number of fused-ring (bicyclic) bond motifs is 2. The Bertz CT molecular complexity index is 1930. The van der Waals surface area contributed by atoms with E-state index in [2.05, 4.69) is 17.2 Å². The molecule has 1 saturated heterocycles. The lowest BCUT2D eigenvalue weighted by Crippen LogP contribution is -2.21. The zero-order valence-electron chi connectivity index (χ0n) is 28.8. The Kier molecular flexibility index (Phi) is 11.2. The summed E-state index contributed by atoms with van der Waals surface area (Å²) in [6.45, 7) is 6.27. The number of halogens is 2. The van der Waals surface area contributed by atoms with Gasteiger partial charge in [-0.15, -0.1) is 0 Å². The molecule has 49 heavy (non-hydrogen) atoms. The van der Waals surface area contributed by atoms with Gasteiger partial charge in [0.25, 0.3) is 0 Å². The molecule has 1 aliphatic heterocycles. The zero-order valence-corrected chi connectivity index (χ0v) is 29.6. The van der Waals surface area contributed by atoms with E-state index in [1.54, 1.807) is 13.0 Å². The Morgan fingerprint density at radius 3 is 2.69 bits per heavy atom. The van der Waals surface area contributed by atoms with Gasteiger partial charge in [0.15, 0.2) is 0 Å². The van der Waals surface area contributed by atoms with Crippen molar-refractivity contribution in [3.63, 3.8) is 0 Å². The molecule has 0 bridgehead atoms. The minimum atomic E-state index is -0.403. The fourth-order valence-corrected chi connectivity index (χ4v) is 7.57. The number of benzene rings is 3. The zero-order chi connectivity index (χ0) is 34.5. The smallest absolute Gasteiger partial charge is 0.355 e. The highest BCUT2D eigenvalue weighted by Crippen LogP contribution is 2.43. The highest BCUT2D eigenvalue weighted by atomic mass is 35.5. The van der Waals surface area contributed by atoms with E-state index in [0.29, 0.717) is 41.8 Å². The van der Waals surface area contributed by atoms with E-state index >= 15 is 0 Å². The summed E-state index contributed by atoms with van der Waals surface area (Å²) in [7, 11) is 3.98. The molecule has 2 aromatic heterocycles. The third-order valence-corrected chi connectivity index (χ3v) is 10.1.